The molecular weight excluding hydrogens is 410 g/mol. The lowest BCUT2D eigenvalue weighted by atomic mass is 9.98. The maximum Gasteiger partial charge on any atom is 0.510 e. The van der Waals surface area contributed by atoms with E-state index >= 15 is 0 Å². The third-order valence-electron chi connectivity index (χ3n) is 4.42. The third kappa shape index (κ3) is 7.65. The Balaban J connectivity index is 1.69. The highest BCUT2D eigenvalue weighted by atomic mass is 17.0. The second-order valence-electron chi connectivity index (χ2n) is 6.68. The summed E-state index contributed by atoms with van der Waals surface area (Å²) in [6, 6.07) is 11.5. The third-order valence-corrected chi connectivity index (χ3v) is 4.42. The lowest BCUT2D eigenvalue weighted by Gasteiger charge is -2.13. The number of esters is 1. The van der Waals surface area contributed by atoms with Gasteiger partial charge in [0.15, 0.2) is 0 Å². The van der Waals surface area contributed by atoms with Crippen molar-refractivity contribution in [3.8, 4) is 5.75 Å². The van der Waals surface area contributed by atoms with Crippen molar-refractivity contribution in [2.75, 3.05) is 20.3 Å². The summed E-state index contributed by atoms with van der Waals surface area (Å²) in [7, 11) is 1.61. The molecule has 0 aromatic heterocycles. The van der Waals surface area contributed by atoms with Gasteiger partial charge in [-0.15, -0.1) is 10.1 Å². The van der Waals surface area contributed by atoms with Crippen LogP contribution in [0, 0.1) is 10.1 Å². The fraction of sp³-hybridized carbons (Fsp3) is 0.429. The summed E-state index contributed by atoms with van der Waals surface area (Å²) in [5.41, 5.74) is 0.847. The van der Waals surface area contributed by atoms with Crippen molar-refractivity contribution < 1.29 is 38.5 Å². The molecule has 10 nitrogen and oxygen atoms in total. The van der Waals surface area contributed by atoms with Crippen molar-refractivity contribution in [3.63, 3.8) is 0 Å². The Morgan fingerprint density at radius 3 is 2.32 bits per heavy atom. The first-order valence-electron chi connectivity index (χ1n) is 9.69. The SMILES string of the molecule is COc1ccc2cc(C(C)C(=O)OCCCCOC(=O)OC(C)O[N+](=O)[O-])ccc2c1. The Hall–Kier alpha value is -3.56. The van der Waals surface area contributed by atoms with Crippen LogP contribution < -0.4 is 4.74 Å². The molecule has 10 heteroatoms. The van der Waals surface area contributed by atoms with E-state index in [0.717, 1.165) is 22.1 Å². The number of carbonyl (C=O) groups is 2. The molecule has 0 bridgehead atoms. The predicted molar refractivity (Wildman–Crippen MR) is 109 cm³/mol. The molecule has 0 radical (unpaired) electrons. The number of methoxy groups -OCH3 is 1. The quantitative estimate of drug-likeness (QED) is 0.169. The zero-order valence-corrected chi connectivity index (χ0v) is 17.6. The van der Waals surface area contributed by atoms with Crippen LogP contribution in [0.3, 0.4) is 0 Å². The van der Waals surface area contributed by atoms with Crippen LogP contribution in [0.15, 0.2) is 36.4 Å². The summed E-state index contributed by atoms with van der Waals surface area (Å²) in [6.07, 6.45) is -1.53. The van der Waals surface area contributed by atoms with Crippen molar-refractivity contribution in [1.29, 1.82) is 0 Å². The van der Waals surface area contributed by atoms with Crippen molar-refractivity contribution >= 4 is 22.9 Å². The molecule has 2 rings (SSSR count). The summed E-state index contributed by atoms with van der Waals surface area (Å²) < 4.78 is 19.8. The minimum absolute atomic E-state index is 0.0191. The van der Waals surface area contributed by atoms with Gasteiger partial charge in [0.25, 0.3) is 5.09 Å². The minimum atomic E-state index is -1.36. The van der Waals surface area contributed by atoms with Crippen LogP contribution in [0.2, 0.25) is 0 Å². The first-order valence-corrected chi connectivity index (χ1v) is 9.69. The van der Waals surface area contributed by atoms with Gasteiger partial charge in [0, 0.05) is 0 Å². The molecule has 2 unspecified atom stereocenters. The van der Waals surface area contributed by atoms with Gasteiger partial charge in [-0.1, -0.05) is 24.3 Å². The second-order valence-corrected chi connectivity index (χ2v) is 6.68. The van der Waals surface area contributed by atoms with Crippen LogP contribution in [-0.2, 0) is 23.8 Å². The molecule has 2 atom stereocenters. The molecule has 2 aromatic rings. The summed E-state index contributed by atoms with van der Waals surface area (Å²) in [4.78, 5) is 37.8. The van der Waals surface area contributed by atoms with Gasteiger partial charge < -0.3 is 18.9 Å². The first kappa shape index (κ1) is 23.7. The maximum atomic E-state index is 12.3. The van der Waals surface area contributed by atoms with Gasteiger partial charge >= 0.3 is 12.1 Å². The highest BCUT2D eigenvalue weighted by molar-refractivity contribution is 5.86. The van der Waals surface area contributed by atoms with E-state index in [1.807, 2.05) is 36.4 Å². The van der Waals surface area contributed by atoms with Crippen molar-refractivity contribution in [2.24, 2.45) is 0 Å². The van der Waals surface area contributed by atoms with Crippen LogP contribution in [0.4, 0.5) is 4.79 Å². The van der Waals surface area contributed by atoms with E-state index in [1.165, 1.54) is 6.92 Å². The number of unbranched alkanes of at least 4 members (excludes halogenated alkanes) is 1. The number of hydrogen-bond acceptors (Lipinski definition) is 9. The monoisotopic (exact) mass is 435 g/mol. The Labute approximate surface area is 179 Å². The fourth-order valence-electron chi connectivity index (χ4n) is 2.74. The normalized spacial score (nSPS) is 12.5. The highest BCUT2D eigenvalue weighted by Crippen LogP contribution is 2.25. The number of rotatable bonds is 11. The van der Waals surface area contributed by atoms with E-state index < -0.39 is 23.4 Å². The summed E-state index contributed by atoms with van der Waals surface area (Å²) >= 11 is 0. The van der Waals surface area contributed by atoms with Crippen LogP contribution in [0.1, 0.15) is 38.2 Å². The molecule has 2 aromatic carbocycles. The standard InChI is InChI=1S/C21H25NO9/c1-14(16-6-7-18-13-19(27-3)9-8-17(18)12-16)20(23)28-10-4-5-11-29-21(24)30-15(2)31-22(25)26/h6-9,12-15H,4-5,10-11H2,1-3H3. The van der Waals surface area contributed by atoms with Gasteiger partial charge in [-0.3, -0.25) is 9.63 Å². The molecule has 0 spiro atoms. The van der Waals surface area contributed by atoms with Crippen molar-refractivity contribution in [2.45, 2.75) is 38.9 Å². The molecular formula is C21H25NO9. The molecule has 0 N–H and O–H groups in total. The minimum Gasteiger partial charge on any atom is -0.497 e. The van der Waals surface area contributed by atoms with E-state index in [4.69, 9.17) is 14.2 Å². The molecule has 0 aliphatic heterocycles. The van der Waals surface area contributed by atoms with Crippen LogP contribution in [-0.4, -0.2) is 43.8 Å². The fourth-order valence-corrected chi connectivity index (χ4v) is 2.74. The number of carbonyl (C=O) groups excluding carboxylic acids is 2. The Bertz CT molecular complexity index is 915. The van der Waals surface area contributed by atoms with Gasteiger partial charge in [0.05, 0.1) is 26.2 Å². The van der Waals surface area contributed by atoms with Gasteiger partial charge in [-0.05, 0) is 55.2 Å². The zero-order chi connectivity index (χ0) is 22.8. The highest BCUT2D eigenvalue weighted by Gasteiger charge is 2.17. The topological polar surface area (TPSA) is 123 Å². The molecule has 31 heavy (non-hydrogen) atoms. The molecule has 0 saturated carbocycles. The lowest BCUT2D eigenvalue weighted by Crippen LogP contribution is -2.22. The number of ether oxygens (including phenoxy) is 4. The van der Waals surface area contributed by atoms with E-state index in [2.05, 4.69) is 9.57 Å². The van der Waals surface area contributed by atoms with Crippen LogP contribution in [0.25, 0.3) is 10.8 Å². The number of hydrogen-bond donors (Lipinski definition) is 0. The van der Waals surface area contributed by atoms with Gasteiger partial charge in [-0.25, -0.2) is 4.79 Å². The Kier molecular flexibility index (Phi) is 8.86. The average Bonchev–Trinajstić information content (AvgIpc) is 2.73. The van der Waals surface area contributed by atoms with Gasteiger partial charge in [0.2, 0.25) is 6.29 Å². The lowest BCUT2D eigenvalue weighted by molar-refractivity contribution is -0.777. The summed E-state index contributed by atoms with van der Waals surface area (Å²) in [6.45, 7) is 3.16. The van der Waals surface area contributed by atoms with Crippen LogP contribution >= 0.6 is 0 Å². The molecule has 0 aliphatic rings. The second kappa shape index (κ2) is 11.6. The summed E-state index contributed by atoms with van der Waals surface area (Å²) in [5.74, 6) is -0.0101. The van der Waals surface area contributed by atoms with Gasteiger partial charge in [-0.2, -0.15) is 0 Å². The zero-order valence-electron chi connectivity index (χ0n) is 17.6. The molecule has 168 valence electrons. The van der Waals surface area contributed by atoms with E-state index in [0.29, 0.717) is 12.8 Å². The smallest absolute Gasteiger partial charge is 0.497 e. The van der Waals surface area contributed by atoms with Gasteiger partial charge in [0.1, 0.15) is 5.75 Å². The van der Waals surface area contributed by atoms with Crippen molar-refractivity contribution in [3.05, 3.63) is 52.1 Å². The average molecular weight is 435 g/mol. The number of benzene rings is 2. The first-order chi connectivity index (χ1) is 14.8. The maximum absolute atomic E-state index is 12.3. The molecule has 0 amide bonds. The predicted octanol–water partition coefficient (Wildman–Crippen LogP) is 3.98. The van der Waals surface area contributed by atoms with Crippen LogP contribution in [0.5, 0.6) is 5.75 Å². The number of nitrogens with zero attached hydrogens (tertiary/aromatic N) is 1. The van der Waals surface area contributed by atoms with E-state index in [1.54, 1.807) is 14.0 Å². The largest absolute Gasteiger partial charge is 0.510 e. The molecule has 0 saturated heterocycles. The number of fused-ring (bicyclic) bond motifs is 1. The molecule has 0 fully saturated rings. The van der Waals surface area contributed by atoms with E-state index in [-0.39, 0.29) is 19.2 Å². The molecule has 0 heterocycles. The Morgan fingerprint density at radius 1 is 1.00 bits per heavy atom. The van der Waals surface area contributed by atoms with E-state index in [9.17, 15) is 19.7 Å². The molecule has 0 aliphatic carbocycles. The van der Waals surface area contributed by atoms with Crippen molar-refractivity contribution in [1.82, 2.24) is 0 Å². The Morgan fingerprint density at radius 2 is 1.65 bits per heavy atom. The summed E-state index contributed by atoms with van der Waals surface area (Å²) in [5, 5.41) is 11.1.